The van der Waals surface area contributed by atoms with Crippen molar-refractivity contribution in [1.29, 1.82) is 0 Å². The Labute approximate surface area is 83.2 Å². The van der Waals surface area contributed by atoms with Crippen molar-refractivity contribution in [3.05, 3.63) is 0 Å². The molecule has 4 heteroatoms. The van der Waals surface area contributed by atoms with Crippen molar-refractivity contribution in [2.24, 2.45) is 5.10 Å². The van der Waals surface area contributed by atoms with Crippen LogP contribution in [0, 0.1) is 0 Å². The average Bonchev–Trinajstić information content (AvgIpc) is 2.16. The van der Waals surface area contributed by atoms with Crippen LogP contribution in [0.25, 0.3) is 0 Å². The first-order valence-corrected chi connectivity index (χ1v) is 5.85. The van der Waals surface area contributed by atoms with Gasteiger partial charge in [-0.05, 0) is 31.9 Å². The van der Waals surface area contributed by atoms with E-state index in [0.717, 1.165) is 17.2 Å². The number of nitrogens with zero attached hydrogens (tertiary/aromatic N) is 1. The normalized spacial score (nSPS) is 17.2. The fourth-order valence-corrected chi connectivity index (χ4v) is 1.42. The van der Waals surface area contributed by atoms with Crippen molar-refractivity contribution in [1.82, 2.24) is 5.43 Å². The molecule has 0 aromatic carbocycles. The number of hydrazone groups is 1. The molecule has 0 heterocycles. The Hall–Kier alpha value is -0.0900. The average molecular weight is 202 g/mol. The van der Waals surface area contributed by atoms with Gasteiger partial charge in [-0.1, -0.05) is 30.4 Å². The minimum absolute atomic E-state index is 0.757. The molecule has 1 rings (SSSR count). The van der Waals surface area contributed by atoms with E-state index in [4.69, 9.17) is 12.2 Å². The van der Waals surface area contributed by atoms with Gasteiger partial charge in [0.05, 0.1) is 0 Å². The largest absolute Gasteiger partial charge is 0.262 e. The molecule has 0 atom stereocenters. The summed E-state index contributed by atoms with van der Waals surface area (Å²) in [5.74, 6) is 0. The third-order valence-corrected chi connectivity index (χ3v) is 2.97. The molecule has 0 aliphatic heterocycles. The van der Waals surface area contributed by atoms with Crippen LogP contribution in [0.2, 0.25) is 0 Å². The van der Waals surface area contributed by atoms with Crippen LogP contribution in [-0.2, 0) is 0 Å². The smallest absolute Gasteiger partial charge is 0.153 e. The number of thiocarbonyl (C=S) groups is 1. The van der Waals surface area contributed by atoms with Gasteiger partial charge in [0, 0.05) is 5.71 Å². The second-order valence-corrected chi connectivity index (χ2v) is 4.33. The van der Waals surface area contributed by atoms with Gasteiger partial charge >= 0.3 is 0 Å². The lowest BCUT2D eigenvalue weighted by Gasteiger charge is -2.11. The highest BCUT2D eigenvalue weighted by Gasteiger charge is 2.06. The Bertz CT molecular complexity index is 181. The second kappa shape index (κ2) is 5.54. The monoisotopic (exact) mass is 202 g/mol. The number of thioether (sulfide) groups is 1. The highest BCUT2D eigenvalue weighted by atomic mass is 32.2. The maximum atomic E-state index is 4.97. The van der Waals surface area contributed by atoms with E-state index in [-0.39, 0.29) is 0 Å². The highest BCUT2D eigenvalue weighted by molar-refractivity contribution is 8.22. The summed E-state index contributed by atoms with van der Waals surface area (Å²) in [7, 11) is 0. The van der Waals surface area contributed by atoms with Gasteiger partial charge in [0.15, 0.2) is 4.32 Å². The van der Waals surface area contributed by atoms with Crippen molar-refractivity contribution < 1.29 is 0 Å². The molecule has 0 aromatic rings. The molecule has 0 saturated heterocycles. The maximum absolute atomic E-state index is 4.97. The fourth-order valence-electron chi connectivity index (χ4n) is 1.24. The van der Waals surface area contributed by atoms with Gasteiger partial charge in [-0.15, -0.1) is 0 Å². The molecule has 0 aromatic heterocycles. The van der Waals surface area contributed by atoms with Gasteiger partial charge in [0.2, 0.25) is 0 Å². The molecule has 1 N–H and O–H groups in total. The van der Waals surface area contributed by atoms with E-state index in [1.54, 1.807) is 0 Å². The Balaban J connectivity index is 2.29. The first-order chi connectivity index (χ1) is 5.83. The van der Waals surface area contributed by atoms with E-state index in [2.05, 4.69) is 10.5 Å². The summed E-state index contributed by atoms with van der Waals surface area (Å²) < 4.78 is 0.757. The predicted octanol–water partition coefficient (Wildman–Crippen LogP) is 2.54. The SMILES string of the molecule is CSC(=S)NN=C1CCCCC1. The van der Waals surface area contributed by atoms with Gasteiger partial charge in [-0.25, -0.2) is 0 Å². The van der Waals surface area contributed by atoms with Gasteiger partial charge in [0.1, 0.15) is 0 Å². The molecule has 68 valence electrons. The zero-order valence-electron chi connectivity index (χ0n) is 7.30. The highest BCUT2D eigenvalue weighted by Crippen LogP contribution is 2.14. The second-order valence-electron chi connectivity index (χ2n) is 2.84. The molecule has 1 fully saturated rings. The number of nitrogens with one attached hydrogen (secondary N) is 1. The summed E-state index contributed by atoms with van der Waals surface area (Å²) in [5.41, 5.74) is 4.16. The lowest BCUT2D eigenvalue weighted by atomic mass is 9.99. The molecule has 0 bridgehead atoms. The standard InChI is InChI=1S/C8H14N2S2/c1-12-8(11)10-9-7-5-3-2-4-6-7/h2-6H2,1H3,(H,10,11). The Morgan fingerprint density at radius 2 is 2.08 bits per heavy atom. The first kappa shape index (κ1) is 9.99. The number of hydrogen-bond donors (Lipinski definition) is 1. The molecular weight excluding hydrogens is 188 g/mol. The van der Waals surface area contributed by atoms with Gasteiger partial charge in [-0.3, -0.25) is 5.43 Å². The summed E-state index contributed by atoms with van der Waals surface area (Å²) >= 11 is 6.50. The third-order valence-electron chi connectivity index (χ3n) is 1.92. The van der Waals surface area contributed by atoms with Crippen LogP contribution in [-0.4, -0.2) is 16.3 Å². The first-order valence-electron chi connectivity index (χ1n) is 4.22. The van der Waals surface area contributed by atoms with Crippen LogP contribution in [0.15, 0.2) is 5.10 Å². The quantitative estimate of drug-likeness (QED) is 0.522. The molecular formula is C8H14N2S2. The molecule has 1 aliphatic rings. The molecule has 0 amide bonds. The predicted molar refractivity (Wildman–Crippen MR) is 59.8 cm³/mol. The van der Waals surface area contributed by atoms with Crippen LogP contribution in [0.5, 0.6) is 0 Å². The molecule has 2 nitrogen and oxygen atoms in total. The van der Waals surface area contributed by atoms with E-state index in [1.807, 2.05) is 6.26 Å². The third kappa shape index (κ3) is 3.54. The lowest BCUT2D eigenvalue weighted by Crippen LogP contribution is -2.15. The summed E-state index contributed by atoms with van der Waals surface area (Å²) in [6, 6.07) is 0. The van der Waals surface area contributed by atoms with Crippen LogP contribution >= 0.6 is 24.0 Å². The molecule has 1 saturated carbocycles. The topological polar surface area (TPSA) is 24.4 Å². The van der Waals surface area contributed by atoms with Crippen molar-refractivity contribution >= 4 is 34.0 Å². The Morgan fingerprint density at radius 1 is 1.42 bits per heavy atom. The van der Waals surface area contributed by atoms with E-state index in [9.17, 15) is 0 Å². The van der Waals surface area contributed by atoms with E-state index in [1.165, 1.54) is 36.7 Å². The van der Waals surface area contributed by atoms with Crippen LogP contribution in [0.1, 0.15) is 32.1 Å². The molecule has 0 unspecified atom stereocenters. The lowest BCUT2D eigenvalue weighted by molar-refractivity contribution is 0.662. The fraction of sp³-hybridized carbons (Fsp3) is 0.750. The zero-order valence-corrected chi connectivity index (χ0v) is 8.93. The summed E-state index contributed by atoms with van der Waals surface area (Å²) in [6.07, 6.45) is 8.16. The summed E-state index contributed by atoms with van der Waals surface area (Å²) in [5, 5.41) is 4.26. The molecule has 0 radical (unpaired) electrons. The Kier molecular flexibility index (Phi) is 4.61. The minimum atomic E-state index is 0.757. The van der Waals surface area contributed by atoms with Gasteiger partial charge in [0.25, 0.3) is 0 Å². The number of hydrogen-bond acceptors (Lipinski definition) is 3. The molecule has 1 aliphatic carbocycles. The van der Waals surface area contributed by atoms with Crippen LogP contribution in [0.4, 0.5) is 0 Å². The van der Waals surface area contributed by atoms with E-state index >= 15 is 0 Å². The van der Waals surface area contributed by atoms with Crippen molar-refractivity contribution in [2.45, 2.75) is 32.1 Å². The number of rotatable bonds is 1. The van der Waals surface area contributed by atoms with Crippen LogP contribution < -0.4 is 5.43 Å². The zero-order chi connectivity index (χ0) is 8.81. The van der Waals surface area contributed by atoms with E-state index < -0.39 is 0 Å². The summed E-state index contributed by atoms with van der Waals surface area (Å²) in [6.45, 7) is 0. The van der Waals surface area contributed by atoms with Crippen molar-refractivity contribution in [2.75, 3.05) is 6.26 Å². The molecule has 0 spiro atoms. The Morgan fingerprint density at radius 3 is 2.67 bits per heavy atom. The van der Waals surface area contributed by atoms with Gasteiger partial charge in [-0.2, -0.15) is 5.10 Å². The maximum Gasteiger partial charge on any atom is 0.153 e. The van der Waals surface area contributed by atoms with Crippen LogP contribution in [0.3, 0.4) is 0 Å². The summed E-state index contributed by atoms with van der Waals surface area (Å²) in [4.78, 5) is 0. The van der Waals surface area contributed by atoms with Crippen molar-refractivity contribution in [3.8, 4) is 0 Å². The van der Waals surface area contributed by atoms with Gasteiger partial charge < -0.3 is 0 Å². The van der Waals surface area contributed by atoms with Crippen molar-refractivity contribution in [3.63, 3.8) is 0 Å². The molecule has 12 heavy (non-hydrogen) atoms. The van der Waals surface area contributed by atoms with E-state index in [0.29, 0.717) is 0 Å². The minimum Gasteiger partial charge on any atom is -0.262 e.